The third kappa shape index (κ3) is 4.16. The van der Waals surface area contributed by atoms with Crippen LogP contribution in [0.1, 0.15) is 17.5 Å². The Labute approximate surface area is 164 Å². The van der Waals surface area contributed by atoms with Crippen molar-refractivity contribution in [2.45, 2.75) is 25.6 Å². The molecule has 148 valence electrons. The lowest BCUT2D eigenvalue weighted by molar-refractivity contribution is 0.0501. The van der Waals surface area contributed by atoms with Gasteiger partial charge in [0.15, 0.2) is 0 Å². The van der Waals surface area contributed by atoms with Crippen LogP contribution in [0.2, 0.25) is 0 Å². The number of aromatic nitrogens is 2. The van der Waals surface area contributed by atoms with Gasteiger partial charge >= 0.3 is 0 Å². The van der Waals surface area contributed by atoms with Gasteiger partial charge in [0.1, 0.15) is 16.8 Å². The van der Waals surface area contributed by atoms with Crippen molar-refractivity contribution in [1.29, 1.82) is 0 Å². The van der Waals surface area contributed by atoms with Gasteiger partial charge in [-0.05, 0) is 46.1 Å². The highest BCUT2D eigenvalue weighted by molar-refractivity contribution is 5.76. The average Bonchev–Trinajstić information content (AvgIpc) is 3.20. The molecular weight excluding hydrogens is 356 g/mol. The SMILES string of the molecule is COc1cccc(CN2CCN(Cc3cccc4nonc34)C[C@@H]2CCO)c1. The molecule has 0 radical (unpaired) electrons. The van der Waals surface area contributed by atoms with Gasteiger partial charge in [-0.15, -0.1) is 0 Å². The van der Waals surface area contributed by atoms with E-state index in [0.717, 1.165) is 61.5 Å². The zero-order valence-corrected chi connectivity index (χ0v) is 16.1. The van der Waals surface area contributed by atoms with E-state index in [0.29, 0.717) is 6.04 Å². The van der Waals surface area contributed by atoms with Crippen LogP contribution in [-0.4, -0.2) is 64.6 Å². The number of ether oxygens (including phenoxy) is 1. The number of fused-ring (bicyclic) bond motifs is 1. The van der Waals surface area contributed by atoms with Gasteiger partial charge in [-0.1, -0.05) is 24.3 Å². The summed E-state index contributed by atoms with van der Waals surface area (Å²) in [4.78, 5) is 4.88. The molecule has 0 bridgehead atoms. The molecule has 1 fully saturated rings. The first-order valence-electron chi connectivity index (χ1n) is 9.67. The van der Waals surface area contributed by atoms with E-state index in [1.165, 1.54) is 5.56 Å². The molecule has 2 heterocycles. The summed E-state index contributed by atoms with van der Waals surface area (Å²) in [5.41, 5.74) is 3.98. The number of hydrogen-bond donors (Lipinski definition) is 1. The number of hydrogen-bond acceptors (Lipinski definition) is 7. The number of methoxy groups -OCH3 is 1. The van der Waals surface area contributed by atoms with Crippen LogP contribution in [-0.2, 0) is 13.1 Å². The average molecular weight is 382 g/mol. The van der Waals surface area contributed by atoms with E-state index in [-0.39, 0.29) is 6.61 Å². The Kier molecular flexibility index (Phi) is 5.85. The number of piperazine rings is 1. The summed E-state index contributed by atoms with van der Waals surface area (Å²) < 4.78 is 10.2. The van der Waals surface area contributed by atoms with E-state index in [1.54, 1.807) is 7.11 Å². The molecule has 0 saturated carbocycles. The van der Waals surface area contributed by atoms with Gasteiger partial charge in [0.2, 0.25) is 0 Å². The Morgan fingerprint density at radius 1 is 1.14 bits per heavy atom. The topological polar surface area (TPSA) is 74.9 Å². The maximum atomic E-state index is 9.58. The maximum Gasteiger partial charge on any atom is 0.139 e. The Balaban J connectivity index is 1.44. The van der Waals surface area contributed by atoms with Crippen LogP contribution in [0.5, 0.6) is 5.75 Å². The zero-order chi connectivity index (χ0) is 19.3. The molecule has 0 spiro atoms. The smallest absolute Gasteiger partial charge is 0.139 e. The molecule has 0 aliphatic carbocycles. The fourth-order valence-electron chi connectivity index (χ4n) is 3.97. The summed E-state index contributed by atoms with van der Waals surface area (Å²) in [7, 11) is 1.69. The van der Waals surface area contributed by atoms with Crippen LogP contribution in [0, 0.1) is 0 Å². The molecule has 1 saturated heterocycles. The van der Waals surface area contributed by atoms with Crippen LogP contribution >= 0.6 is 0 Å². The summed E-state index contributed by atoms with van der Waals surface area (Å²) in [5.74, 6) is 0.879. The highest BCUT2D eigenvalue weighted by Crippen LogP contribution is 2.22. The van der Waals surface area contributed by atoms with Gasteiger partial charge in [0, 0.05) is 45.4 Å². The van der Waals surface area contributed by atoms with E-state index in [9.17, 15) is 5.11 Å². The Morgan fingerprint density at radius 2 is 2.04 bits per heavy atom. The van der Waals surface area contributed by atoms with E-state index in [2.05, 4.69) is 38.3 Å². The molecule has 3 aromatic rings. The molecule has 1 N–H and O–H groups in total. The Bertz CT molecular complexity index is 913. The number of aliphatic hydroxyl groups excluding tert-OH is 1. The molecule has 1 atom stereocenters. The van der Waals surface area contributed by atoms with Gasteiger partial charge < -0.3 is 9.84 Å². The van der Waals surface area contributed by atoms with Crippen molar-refractivity contribution in [3.05, 3.63) is 53.6 Å². The molecule has 7 nitrogen and oxygen atoms in total. The fourth-order valence-corrected chi connectivity index (χ4v) is 3.97. The van der Waals surface area contributed by atoms with E-state index in [1.807, 2.05) is 24.3 Å². The lowest BCUT2D eigenvalue weighted by Gasteiger charge is -2.41. The van der Waals surface area contributed by atoms with E-state index >= 15 is 0 Å². The minimum atomic E-state index is 0.190. The highest BCUT2D eigenvalue weighted by Gasteiger charge is 2.27. The molecule has 7 heteroatoms. The predicted molar refractivity (Wildman–Crippen MR) is 106 cm³/mol. The van der Waals surface area contributed by atoms with Crippen molar-refractivity contribution in [2.75, 3.05) is 33.4 Å². The minimum Gasteiger partial charge on any atom is -0.497 e. The minimum absolute atomic E-state index is 0.190. The molecule has 0 unspecified atom stereocenters. The second-order valence-electron chi connectivity index (χ2n) is 7.27. The third-order valence-electron chi connectivity index (χ3n) is 5.43. The van der Waals surface area contributed by atoms with Gasteiger partial charge in [-0.3, -0.25) is 9.80 Å². The van der Waals surface area contributed by atoms with Crippen LogP contribution in [0.15, 0.2) is 47.1 Å². The van der Waals surface area contributed by atoms with Gasteiger partial charge in [-0.2, -0.15) is 0 Å². The first kappa shape index (κ1) is 18.9. The quantitative estimate of drug-likeness (QED) is 0.672. The number of rotatable bonds is 7. The van der Waals surface area contributed by atoms with Crippen LogP contribution < -0.4 is 4.74 Å². The van der Waals surface area contributed by atoms with Crippen LogP contribution in [0.25, 0.3) is 11.0 Å². The van der Waals surface area contributed by atoms with Gasteiger partial charge in [-0.25, -0.2) is 4.63 Å². The maximum absolute atomic E-state index is 9.58. The van der Waals surface area contributed by atoms with Crippen molar-refractivity contribution in [1.82, 2.24) is 20.1 Å². The second kappa shape index (κ2) is 8.68. The molecule has 1 aliphatic rings. The summed E-state index contributed by atoms with van der Waals surface area (Å²) in [5, 5.41) is 17.6. The molecule has 4 rings (SSSR count). The second-order valence-corrected chi connectivity index (χ2v) is 7.27. The van der Waals surface area contributed by atoms with Gasteiger partial charge in [0.05, 0.1) is 7.11 Å². The van der Waals surface area contributed by atoms with Crippen LogP contribution in [0.4, 0.5) is 0 Å². The summed E-state index contributed by atoms with van der Waals surface area (Å²) in [6.07, 6.45) is 0.760. The monoisotopic (exact) mass is 382 g/mol. The normalized spacial score (nSPS) is 18.6. The van der Waals surface area contributed by atoms with Crippen molar-refractivity contribution in [3.8, 4) is 5.75 Å². The van der Waals surface area contributed by atoms with Crippen molar-refractivity contribution in [2.24, 2.45) is 0 Å². The molecule has 28 heavy (non-hydrogen) atoms. The largest absolute Gasteiger partial charge is 0.497 e. The van der Waals surface area contributed by atoms with Crippen LogP contribution in [0.3, 0.4) is 0 Å². The molecule has 0 amide bonds. The molecular formula is C21H26N4O3. The van der Waals surface area contributed by atoms with E-state index < -0.39 is 0 Å². The molecule has 2 aromatic carbocycles. The zero-order valence-electron chi connectivity index (χ0n) is 16.1. The summed E-state index contributed by atoms with van der Waals surface area (Å²) in [6, 6.07) is 14.5. The third-order valence-corrected chi connectivity index (χ3v) is 5.43. The highest BCUT2D eigenvalue weighted by atomic mass is 16.6. The lowest BCUT2D eigenvalue weighted by Crippen LogP contribution is -2.52. The van der Waals surface area contributed by atoms with Gasteiger partial charge in [0.25, 0.3) is 0 Å². The Morgan fingerprint density at radius 3 is 2.89 bits per heavy atom. The first-order valence-corrected chi connectivity index (χ1v) is 9.67. The summed E-state index contributed by atoms with van der Waals surface area (Å²) in [6.45, 7) is 4.68. The number of aliphatic hydroxyl groups is 1. The Hall–Kier alpha value is -2.48. The van der Waals surface area contributed by atoms with Crippen molar-refractivity contribution in [3.63, 3.8) is 0 Å². The lowest BCUT2D eigenvalue weighted by atomic mass is 10.1. The molecule has 1 aromatic heterocycles. The van der Waals surface area contributed by atoms with Crippen molar-refractivity contribution < 1.29 is 14.5 Å². The first-order chi connectivity index (χ1) is 13.8. The fraction of sp³-hybridized carbons (Fsp3) is 0.429. The standard InChI is InChI=1S/C21H26N4O3/c1-27-19-6-2-4-16(12-19)13-25-10-9-24(15-18(25)8-11-26)14-17-5-3-7-20-21(17)23-28-22-20/h2-7,12,18,26H,8-11,13-15H2,1H3/t18-/m0/s1. The predicted octanol–water partition coefficient (Wildman–Crippen LogP) is 2.30. The molecule has 1 aliphatic heterocycles. The number of nitrogens with zero attached hydrogens (tertiary/aromatic N) is 4. The van der Waals surface area contributed by atoms with E-state index in [4.69, 9.17) is 9.37 Å². The number of benzene rings is 2. The summed E-state index contributed by atoms with van der Waals surface area (Å²) >= 11 is 0. The van der Waals surface area contributed by atoms with Crippen molar-refractivity contribution >= 4 is 11.0 Å².